The van der Waals surface area contributed by atoms with Gasteiger partial charge in [0.15, 0.2) is 11.5 Å². The first-order valence-corrected chi connectivity index (χ1v) is 11.7. The number of aromatic carboxylic acids is 1. The van der Waals surface area contributed by atoms with E-state index in [9.17, 15) is 33.6 Å². The molecule has 3 aromatic carbocycles. The van der Waals surface area contributed by atoms with E-state index in [4.69, 9.17) is 9.47 Å². The molecule has 0 bridgehead atoms. The van der Waals surface area contributed by atoms with E-state index in [1.54, 1.807) is 11.0 Å². The minimum Gasteiger partial charge on any atom is -0.493 e. The maximum Gasteiger partial charge on any atom is 0.341 e. The quantitative estimate of drug-likeness (QED) is 0.283. The number of halogens is 2. The van der Waals surface area contributed by atoms with Gasteiger partial charge in [-0.15, -0.1) is 0 Å². The molecule has 5 rings (SSSR count). The fourth-order valence-electron chi connectivity index (χ4n) is 4.87. The minimum absolute atomic E-state index is 0.0224. The van der Waals surface area contributed by atoms with Crippen LogP contribution in [0.15, 0.2) is 53.5 Å². The van der Waals surface area contributed by atoms with E-state index in [2.05, 4.69) is 0 Å². The van der Waals surface area contributed by atoms with Crippen molar-refractivity contribution in [3.8, 4) is 17.2 Å². The highest BCUT2D eigenvalue weighted by Gasteiger charge is 2.28. The smallest absolute Gasteiger partial charge is 0.341 e. The normalized spacial score (nSPS) is 12.8. The Kier molecular flexibility index (Phi) is 6.38. The maximum absolute atomic E-state index is 14.8. The van der Waals surface area contributed by atoms with Crippen LogP contribution in [0.4, 0.5) is 20.2 Å². The molecule has 39 heavy (non-hydrogen) atoms. The third kappa shape index (κ3) is 4.39. The van der Waals surface area contributed by atoms with Crippen LogP contribution in [0, 0.1) is 21.7 Å². The van der Waals surface area contributed by atoms with E-state index in [0.29, 0.717) is 30.5 Å². The Morgan fingerprint density at radius 1 is 1.03 bits per heavy atom. The van der Waals surface area contributed by atoms with Gasteiger partial charge in [-0.2, -0.15) is 0 Å². The second-order valence-electron chi connectivity index (χ2n) is 8.91. The van der Waals surface area contributed by atoms with Crippen LogP contribution < -0.4 is 19.8 Å². The van der Waals surface area contributed by atoms with Gasteiger partial charge in [0.1, 0.15) is 22.9 Å². The molecule has 1 aliphatic heterocycles. The molecule has 1 aromatic heterocycles. The monoisotopic (exact) mass is 537 g/mol. The van der Waals surface area contributed by atoms with Gasteiger partial charge in [-0.25, -0.2) is 13.6 Å². The van der Waals surface area contributed by atoms with Crippen LogP contribution >= 0.6 is 0 Å². The minimum atomic E-state index is -1.60. The van der Waals surface area contributed by atoms with Gasteiger partial charge in [-0.3, -0.25) is 14.9 Å². The second kappa shape index (κ2) is 9.71. The number of carboxylic acid groups (broad SMARTS) is 1. The SMILES string of the molecule is COc1cc2c(cc1OC)CN(c1cc3c(cc1[N+](=O)[O-])c(=O)c(C(=O)O)cn3-c1ccc(F)cc1F)CC2. The van der Waals surface area contributed by atoms with Crippen molar-refractivity contribution in [3.63, 3.8) is 0 Å². The van der Waals surface area contributed by atoms with Crippen molar-refractivity contribution in [1.29, 1.82) is 0 Å². The molecule has 0 spiro atoms. The molecule has 200 valence electrons. The molecule has 0 unspecified atom stereocenters. The number of nitrogens with zero attached hydrogens (tertiary/aromatic N) is 3. The zero-order chi connectivity index (χ0) is 28.0. The Labute approximate surface area is 219 Å². The Hall–Kier alpha value is -5.00. The molecule has 1 aliphatic rings. The van der Waals surface area contributed by atoms with Crippen LogP contribution in [-0.2, 0) is 13.0 Å². The molecule has 0 atom stereocenters. The van der Waals surface area contributed by atoms with Gasteiger partial charge in [0.2, 0.25) is 5.43 Å². The fourth-order valence-corrected chi connectivity index (χ4v) is 4.87. The number of hydrogen-bond acceptors (Lipinski definition) is 7. The van der Waals surface area contributed by atoms with Crippen molar-refractivity contribution in [2.75, 3.05) is 25.7 Å². The zero-order valence-electron chi connectivity index (χ0n) is 20.7. The van der Waals surface area contributed by atoms with E-state index in [-0.39, 0.29) is 28.8 Å². The summed E-state index contributed by atoms with van der Waals surface area (Å²) in [6.45, 7) is 0.627. The maximum atomic E-state index is 14.8. The highest BCUT2D eigenvalue weighted by atomic mass is 19.1. The van der Waals surface area contributed by atoms with Crippen molar-refractivity contribution in [2.45, 2.75) is 13.0 Å². The number of anilines is 1. The fraction of sp³-hybridized carbons (Fsp3) is 0.185. The summed E-state index contributed by atoms with van der Waals surface area (Å²) in [6, 6.07) is 8.70. The van der Waals surface area contributed by atoms with Crippen LogP contribution in [0.1, 0.15) is 21.5 Å². The van der Waals surface area contributed by atoms with E-state index in [1.807, 2.05) is 6.07 Å². The molecule has 0 radical (unpaired) electrons. The topological polar surface area (TPSA) is 124 Å². The van der Waals surface area contributed by atoms with Crippen molar-refractivity contribution < 1.29 is 33.1 Å². The molecule has 0 saturated heterocycles. The van der Waals surface area contributed by atoms with E-state index < -0.39 is 39.2 Å². The van der Waals surface area contributed by atoms with Crippen LogP contribution in [-0.4, -0.2) is 41.3 Å². The number of ether oxygens (including phenoxy) is 2. The van der Waals surface area contributed by atoms with Crippen LogP contribution in [0.25, 0.3) is 16.6 Å². The molecule has 2 heterocycles. The van der Waals surface area contributed by atoms with Gasteiger partial charge >= 0.3 is 5.97 Å². The van der Waals surface area contributed by atoms with Gasteiger partial charge in [0, 0.05) is 31.4 Å². The third-order valence-electron chi connectivity index (χ3n) is 6.75. The van der Waals surface area contributed by atoms with Gasteiger partial charge in [0.05, 0.1) is 35.7 Å². The lowest BCUT2D eigenvalue weighted by atomic mass is 9.97. The summed E-state index contributed by atoms with van der Waals surface area (Å²) in [5, 5.41) is 21.4. The summed E-state index contributed by atoms with van der Waals surface area (Å²) < 4.78 is 40.3. The summed E-state index contributed by atoms with van der Waals surface area (Å²) in [6.07, 6.45) is 1.45. The predicted molar refractivity (Wildman–Crippen MR) is 137 cm³/mol. The van der Waals surface area contributed by atoms with Crippen molar-refractivity contribution in [3.05, 3.63) is 97.3 Å². The molecule has 0 fully saturated rings. The first-order chi connectivity index (χ1) is 18.6. The van der Waals surface area contributed by atoms with Crippen molar-refractivity contribution in [2.24, 2.45) is 0 Å². The lowest BCUT2D eigenvalue weighted by Crippen LogP contribution is -2.31. The van der Waals surface area contributed by atoms with E-state index in [1.165, 1.54) is 20.3 Å². The number of pyridine rings is 1. The number of rotatable bonds is 6. The number of carbonyl (C=O) groups is 1. The van der Waals surface area contributed by atoms with Crippen LogP contribution in [0.5, 0.6) is 11.5 Å². The lowest BCUT2D eigenvalue weighted by Gasteiger charge is -2.31. The van der Waals surface area contributed by atoms with Crippen molar-refractivity contribution >= 4 is 28.2 Å². The Balaban J connectivity index is 1.75. The number of nitro groups is 1. The Morgan fingerprint density at radius 3 is 2.33 bits per heavy atom. The van der Waals surface area contributed by atoms with Gasteiger partial charge < -0.3 is 24.0 Å². The molecule has 0 aliphatic carbocycles. The van der Waals surface area contributed by atoms with Gasteiger partial charge in [-0.05, 0) is 47.9 Å². The highest BCUT2D eigenvalue weighted by molar-refractivity contribution is 5.96. The number of carboxylic acids is 1. The molecular weight excluding hydrogens is 516 g/mol. The average Bonchev–Trinajstić information content (AvgIpc) is 2.91. The summed E-state index contributed by atoms with van der Waals surface area (Å²) in [4.78, 5) is 38.1. The molecule has 1 N–H and O–H groups in total. The van der Waals surface area contributed by atoms with Gasteiger partial charge in [-0.1, -0.05) is 0 Å². The summed E-state index contributed by atoms with van der Waals surface area (Å²) in [5.41, 5.74) is -0.351. The molecule has 10 nitrogen and oxygen atoms in total. The van der Waals surface area contributed by atoms with E-state index in [0.717, 1.165) is 40.1 Å². The zero-order valence-corrected chi connectivity index (χ0v) is 20.7. The molecular formula is C27H21F2N3O7. The molecule has 12 heteroatoms. The lowest BCUT2D eigenvalue weighted by molar-refractivity contribution is -0.384. The number of nitro benzene ring substituents is 1. The summed E-state index contributed by atoms with van der Waals surface area (Å²) >= 11 is 0. The number of hydrogen-bond donors (Lipinski definition) is 1. The van der Waals surface area contributed by atoms with Crippen LogP contribution in [0.3, 0.4) is 0 Å². The Morgan fingerprint density at radius 2 is 1.72 bits per heavy atom. The third-order valence-corrected chi connectivity index (χ3v) is 6.75. The standard InChI is InChI=1S/C27H21F2N3O7/c1-38-24-7-14-5-6-30(12-15(14)8-25(24)39-2)22-11-21-17(10-23(22)32(36)37)26(33)18(27(34)35)13-31(21)20-4-3-16(28)9-19(20)29/h3-4,7-11,13H,5-6,12H2,1-2H3,(H,34,35). The number of benzene rings is 3. The highest BCUT2D eigenvalue weighted by Crippen LogP contribution is 2.38. The van der Waals surface area contributed by atoms with Crippen molar-refractivity contribution in [1.82, 2.24) is 4.57 Å². The number of methoxy groups -OCH3 is 2. The number of fused-ring (bicyclic) bond motifs is 2. The van der Waals surface area contributed by atoms with E-state index >= 15 is 0 Å². The Bertz CT molecular complexity index is 1740. The molecule has 0 saturated carbocycles. The largest absolute Gasteiger partial charge is 0.493 e. The first kappa shape index (κ1) is 25.6. The average molecular weight is 537 g/mol. The number of aromatic nitrogens is 1. The molecule has 0 amide bonds. The van der Waals surface area contributed by atoms with Gasteiger partial charge in [0.25, 0.3) is 5.69 Å². The summed E-state index contributed by atoms with van der Waals surface area (Å²) in [7, 11) is 3.02. The molecule has 4 aromatic rings. The van der Waals surface area contributed by atoms with Crippen LogP contribution in [0.2, 0.25) is 0 Å². The second-order valence-corrected chi connectivity index (χ2v) is 8.91. The first-order valence-electron chi connectivity index (χ1n) is 11.7. The summed E-state index contributed by atoms with van der Waals surface area (Å²) in [5.74, 6) is -2.41. The predicted octanol–water partition coefficient (Wildman–Crippen LogP) is 4.46.